The molecule has 0 amide bonds. The van der Waals surface area contributed by atoms with Crippen LogP contribution in [0.5, 0.6) is 5.75 Å². The Bertz CT molecular complexity index is 449. The van der Waals surface area contributed by atoms with E-state index in [0.29, 0.717) is 36.3 Å². The molecule has 1 aliphatic heterocycles. The highest BCUT2D eigenvalue weighted by atomic mass is 79.9. The Morgan fingerprint density at radius 1 is 1.40 bits per heavy atom. The number of rotatable bonds is 5. The van der Waals surface area contributed by atoms with Crippen molar-refractivity contribution in [1.29, 1.82) is 0 Å². The van der Waals surface area contributed by atoms with Crippen LogP contribution in [0, 0.1) is 5.82 Å². The van der Waals surface area contributed by atoms with E-state index in [4.69, 9.17) is 9.47 Å². The molecule has 1 aromatic carbocycles. The minimum atomic E-state index is -0.888. The van der Waals surface area contributed by atoms with Gasteiger partial charge in [-0.3, -0.25) is 0 Å². The zero-order valence-corrected chi connectivity index (χ0v) is 12.6. The summed E-state index contributed by atoms with van der Waals surface area (Å²) in [6.07, 6.45) is 0.499. The van der Waals surface area contributed by atoms with E-state index in [1.165, 1.54) is 18.2 Å². The molecule has 2 rings (SSSR count). The van der Waals surface area contributed by atoms with Gasteiger partial charge in [0.1, 0.15) is 18.2 Å². The first-order chi connectivity index (χ1) is 9.48. The first kappa shape index (κ1) is 15.7. The van der Waals surface area contributed by atoms with E-state index in [1.807, 2.05) is 0 Å². The van der Waals surface area contributed by atoms with Gasteiger partial charge in [0.2, 0.25) is 0 Å². The van der Waals surface area contributed by atoms with Crippen LogP contribution >= 0.6 is 15.9 Å². The third-order valence-electron chi connectivity index (χ3n) is 3.36. The molecule has 1 atom stereocenters. The Kier molecular flexibility index (Phi) is 5.37. The number of ether oxygens (including phenoxy) is 2. The van der Waals surface area contributed by atoms with Gasteiger partial charge in [0.25, 0.3) is 0 Å². The molecule has 0 bridgehead atoms. The molecule has 1 fully saturated rings. The molecule has 6 heteroatoms. The van der Waals surface area contributed by atoms with E-state index < -0.39 is 11.7 Å². The topological polar surface area (TPSA) is 58.9 Å². The normalized spacial score (nSPS) is 19.6. The third kappa shape index (κ3) is 4.41. The summed E-state index contributed by atoms with van der Waals surface area (Å²) >= 11 is 3.19. The summed E-state index contributed by atoms with van der Waals surface area (Å²) in [7, 11) is 0. The number of halogens is 2. The molecule has 1 heterocycles. The van der Waals surface area contributed by atoms with E-state index in [9.17, 15) is 14.6 Å². The van der Waals surface area contributed by atoms with Crippen molar-refractivity contribution in [2.45, 2.75) is 31.0 Å². The molecule has 1 saturated heterocycles. The first-order valence-corrected chi connectivity index (χ1v) is 7.34. The Morgan fingerprint density at radius 3 is 2.75 bits per heavy atom. The van der Waals surface area contributed by atoms with Crippen LogP contribution in [-0.2, 0) is 4.74 Å². The van der Waals surface area contributed by atoms with Crippen molar-refractivity contribution in [2.24, 2.45) is 0 Å². The molecule has 1 unspecified atom stereocenters. The minimum Gasteiger partial charge on any atom is -0.490 e. The third-order valence-corrected chi connectivity index (χ3v) is 3.98. The molecular formula is C14H18BrFO4. The largest absolute Gasteiger partial charge is 0.490 e. The number of aliphatic hydroxyl groups is 2. The van der Waals surface area contributed by atoms with Crippen LogP contribution in [0.3, 0.4) is 0 Å². The first-order valence-electron chi connectivity index (χ1n) is 6.55. The van der Waals surface area contributed by atoms with Crippen molar-refractivity contribution in [3.63, 3.8) is 0 Å². The second kappa shape index (κ2) is 6.85. The van der Waals surface area contributed by atoms with Gasteiger partial charge in [-0.1, -0.05) is 0 Å². The highest BCUT2D eigenvalue weighted by molar-refractivity contribution is 9.10. The summed E-state index contributed by atoms with van der Waals surface area (Å²) in [5.41, 5.74) is -0.888. The second-order valence-corrected chi connectivity index (χ2v) is 5.93. The fraction of sp³-hybridized carbons (Fsp3) is 0.571. The monoisotopic (exact) mass is 348 g/mol. The van der Waals surface area contributed by atoms with Gasteiger partial charge < -0.3 is 19.7 Å². The summed E-state index contributed by atoms with van der Waals surface area (Å²) in [6.45, 7) is 1.06. The fourth-order valence-electron chi connectivity index (χ4n) is 2.23. The lowest BCUT2D eigenvalue weighted by molar-refractivity contribution is -0.0906. The van der Waals surface area contributed by atoms with Gasteiger partial charge in [0.15, 0.2) is 0 Å². The predicted octanol–water partition coefficient (Wildman–Crippen LogP) is 2.26. The van der Waals surface area contributed by atoms with E-state index >= 15 is 0 Å². The summed E-state index contributed by atoms with van der Waals surface area (Å²) < 4.78 is 24.0. The van der Waals surface area contributed by atoms with Gasteiger partial charge in [0.05, 0.1) is 16.2 Å². The van der Waals surface area contributed by atoms with Crippen LogP contribution in [0.4, 0.5) is 4.39 Å². The summed E-state index contributed by atoms with van der Waals surface area (Å²) in [6, 6.07) is 4.08. The van der Waals surface area contributed by atoms with E-state index in [0.717, 1.165) is 0 Å². The van der Waals surface area contributed by atoms with Gasteiger partial charge in [-0.05, 0) is 47.0 Å². The number of aliphatic hydroxyl groups excluding tert-OH is 1. The van der Waals surface area contributed by atoms with Crippen molar-refractivity contribution >= 4 is 15.9 Å². The lowest BCUT2D eigenvalue weighted by Gasteiger charge is -2.33. The van der Waals surface area contributed by atoms with E-state index in [-0.39, 0.29) is 18.8 Å². The Hall–Kier alpha value is -0.690. The van der Waals surface area contributed by atoms with E-state index in [2.05, 4.69) is 15.9 Å². The maximum absolute atomic E-state index is 12.9. The quantitative estimate of drug-likeness (QED) is 0.856. The number of benzene rings is 1. The lowest BCUT2D eigenvalue weighted by Crippen LogP contribution is -2.40. The smallest absolute Gasteiger partial charge is 0.133 e. The van der Waals surface area contributed by atoms with Gasteiger partial charge in [-0.2, -0.15) is 0 Å². The molecule has 1 aromatic rings. The molecule has 0 aliphatic carbocycles. The van der Waals surface area contributed by atoms with Gasteiger partial charge >= 0.3 is 0 Å². The standard InChI is InChI=1S/C14H18BrFO4/c15-12-7-10(16)1-2-13(12)20-9-11(17)8-14(18)3-5-19-6-4-14/h1-2,7,11,17-18H,3-6,8-9H2. The minimum absolute atomic E-state index is 0.0490. The number of hydrogen-bond acceptors (Lipinski definition) is 4. The Labute approximate surface area is 125 Å². The van der Waals surface area contributed by atoms with Crippen LogP contribution in [0.15, 0.2) is 22.7 Å². The molecule has 2 N–H and O–H groups in total. The maximum Gasteiger partial charge on any atom is 0.133 e. The molecule has 0 aromatic heterocycles. The number of hydrogen-bond donors (Lipinski definition) is 2. The summed E-state index contributed by atoms with van der Waals surface area (Å²) in [4.78, 5) is 0. The highest BCUT2D eigenvalue weighted by Gasteiger charge is 2.32. The molecular weight excluding hydrogens is 331 g/mol. The molecule has 1 aliphatic rings. The average molecular weight is 349 g/mol. The predicted molar refractivity (Wildman–Crippen MR) is 75.2 cm³/mol. The Balaban J connectivity index is 1.84. The zero-order valence-electron chi connectivity index (χ0n) is 11.0. The molecule has 20 heavy (non-hydrogen) atoms. The summed E-state index contributed by atoms with van der Waals surface area (Å²) in [5.74, 6) is 0.103. The van der Waals surface area contributed by atoms with Crippen LogP contribution in [0.25, 0.3) is 0 Å². The van der Waals surface area contributed by atoms with Gasteiger partial charge in [0, 0.05) is 19.6 Å². The van der Waals surface area contributed by atoms with Crippen molar-refractivity contribution in [3.8, 4) is 5.75 Å². The average Bonchev–Trinajstić information content (AvgIpc) is 2.38. The van der Waals surface area contributed by atoms with Crippen molar-refractivity contribution in [2.75, 3.05) is 19.8 Å². The maximum atomic E-state index is 12.9. The van der Waals surface area contributed by atoms with E-state index in [1.54, 1.807) is 0 Å². The molecule has 4 nitrogen and oxygen atoms in total. The van der Waals surface area contributed by atoms with Crippen LogP contribution in [0.1, 0.15) is 19.3 Å². The molecule has 0 radical (unpaired) electrons. The van der Waals surface area contributed by atoms with Crippen LogP contribution in [0.2, 0.25) is 0 Å². The van der Waals surface area contributed by atoms with Gasteiger partial charge in [-0.25, -0.2) is 4.39 Å². The van der Waals surface area contributed by atoms with Crippen molar-refractivity contribution in [3.05, 3.63) is 28.5 Å². The fourth-order valence-corrected chi connectivity index (χ4v) is 2.70. The SMILES string of the molecule is OC(COc1ccc(F)cc1Br)CC1(O)CCOCC1. The Morgan fingerprint density at radius 2 is 2.10 bits per heavy atom. The van der Waals surface area contributed by atoms with Crippen molar-refractivity contribution < 1.29 is 24.1 Å². The van der Waals surface area contributed by atoms with Crippen LogP contribution < -0.4 is 4.74 Å². The molecule has 0 saturated carbocycles. The molecule has 0 spiro atoms. The van der Waals surface area contributed by atoms with Gasteiger partial charge in [-0.15, -0.1) is 0 Å². The van der Waals surface area contributed by atoms with Crippen LogP contribution in [-0.4, -0.2) is 41.7 Å². The van der Waals surface area contributed by atoms with Crippen molar-refractivity contribution in [1.82, 2.24) is 0 Å². The zero-order chi connectivity index (χ0) is 14.6. The highest BCUT2D eigenvalue weighted by Crippen LogP contribution is 2.28. The molecule has 112 valence electrons. The second-order valence-electron chi connectivity index (χ2n) is 5.08. The lowest BCUT2D eigenvalue weighted by atomic mass is 9.88. The summed E-state index contributed by atoms with van der Waals surface area (Å²) in [5, 5.41) is 20.2.